The summed E-state index contributed by atoms with van der Waals surface area (Å²) in [7, 11) is 2.02. The highest BCUT2D eigenvalue weighted by molar-refractivity contribution is 5.15. The highest BCUT2D eigenvalue weighted by Crippen LogP contribution is 2.22. The van der Waals surface area contributed by atoms with Gasteiger partial charge in [-0.1, -0.05) is 0 Å². The molecule has 1 aromatic rings. The smallest absolute Gasteiger partial charge is 0.137 e. The van der Waals surface area contributed by atoms with Crippen LogP contribution in [0.3, 0.4) is 0 Å². The predicted octanol–water partition coefficient (Wildman–Crippen LogP) is 1.75. The average Bonchev–Trinajstić information content (AvgIpc) is 2.69. The van der Waals surface area contributed by atoms with Crippen LogP contribution in [0.4, 0.5) is 4.39 Å². The van der Waals surface area contributed by atoms with Gasteiger partial charge in [-0.2, -0.15) is 0 Å². The van der Waals surface area contributed by atoms with Gasteiger partial charge in [0, 0.05) is 24.7 Å². The molecule has 3 nitrogen and oxygen atoms in total. The zero-order valence-electron chi connectivity index (χ0n) is 9.47. The van der Waals surface area contributed by atoms with Gasteiger partial charge in [0.25, 0.3) is 0 Å². The van der Waals surface area contributed by atoms with Crippen LogP contribution in [0.1, 0.15) is 6.42 Å². The van der Waals surface area contributed by atoms with Crippen molar-refractivity contribution in [2.75, 3.05) is 26.9 Å². The van der Waals surface area contributed by atoms with Crippen LogP contribution in [0.15, 0.2) is 24.5 Å². The Morgan fingerprint density at radius 3 is 3.12 bits per heavy atom. The monoisotopic (exact) mass is 224 g/mol. The molecular formula is C12H17FN2O. The molecule has 0 radical (unpaired) electrons. The Labute approximate surface area is 95.2 Å². The Bertz CT molecular complexity index is 320. The van der Waals surface area contributed by atoms with E-state index in [2.05, 4.69) is 9.88 Å². The molecule has 2 rings (SSSR count). The molecule has 2 atom stereocenters. The molecule has 0 amide bonds. The summed E-state index contributed by atoms with van der Waals surface area (Å²) >= 11 is 0. The maximum Gasteiger partial charge on any atom is 0.137 e. The lowest BCUT2D eigenvalue weighted by Crippen LogP contribution is -2.30. The molecule has 0 spiro atoms. The van der Waals surface area contributed by atoms with E-state index >= 15 is 0 Å². The van der Waals surface area contributed by atoms with Crippen molar-refractivity contribution in [3.8, 4) is 5.75 Å². The minimum Gasteiger partial charge on any atom is -0.490 e. The lowest BCUT2D eigenvalue weighted by molar-refractivity contribution is 0.198. The summed E-state index contributed by atoms with van der Waals surface area (Å²) in [6, 6.07) is 4.05. The van der Waals surface area contributed by atoms with Gasteiger partial charge in [-0.3, -0.25) is 14.3 Å². The second-order valence-electron chi connectivity index (χ2n) is 4.35. The molecule has 1 fully saturated rings. The van der Waals surface area contributed by atoms with E-state index in [9.17, 15) is 4.39 Å². The van der Waals surface area contributed by atoms with Crippen molar-refractivity contribution in [1.82, 2.24) is 9.88 Å². The maximum atomic E-state index is 12.5. The maximum absolute atomic E-state index is 12.5. The Hall–Kier alpha value is -1.16. The molecule has 1 aromatic heterocycles. The fourth-order valence-corrected chi connectivity index (χ4v) is 2.13. The second kappa shape index (κ2) is 5.25. The number of rotatable bonds is 4. The van der Waals surface area contributed by atoms with Crippen molar-refractivity contribution < 1.29 is 9.13 Å². The van der Waals surface area contributed by atoms with E-state index in [-0.39, 0.29) is 12.6 Å². The van der Waals surface area contributed by atoms with E-state index < -0.39 is 0 Å². The van der Waals surface area contributed by atoms with Gasteiger partial charge in [-0.25, -0.2) is 0 Å². The van der Waals surface area contributed by atoms with Gasteiger partial charge in [-0.05, 0) is 25.6 Å². The number of pyridine rings is 1. The van der Waals surface area contributed by atoms with E-state index in [1.165, 1.54) is 0 Å². The van der Waals surface area contributed by atoms with Crippen LogP contribution in [-0.2, 0) is 0 Å². The van der Waals surface area contributed by atoms with Crippen molar-refractivity contribution in [1.29, 1.82) is 0 Å². The Morgan fingerprint density at radius 1 is 1.62 bits per heavy atom. The second-order valence-corrected chi connectivity index (χ2v) is 4.35. The van der Waals surface area contributed by atoms with E-state index in [1.54, 1.807) is 12.4 Å². The van der Waals surface area contributed by atoms with Gasteiger partial charge in [0.15, 0.2) is 0 Å². The molecule has 0 aliphatic carbocycles. The van der Waals surface area contributed by atoms with Crippen LogP contribution in [0.25, 0.3) is 0 Å². The topological polar surface area (TPSA) is 25.4 Å². The SMILES string of the molecule is CN1C[C@@H](CF)C[C@H]1COc1cccnc1. The normalized spacial score (nSPS) is 25.9. The Kier molecular flexibility index (Phi) is 3.72. The van der Waals surface area contributed by atoms with E-state index in [4.69, 9.17) is 4.74 Å². The molecule has 1 saturated heterocycles. The number of likely N-dealkylation sites (tertiary alicyclic amines) is 1. The molecule has 4 heteroatoms. The number of hydrogen-bond acceptors (Lipinski definition) is 3. The molecular weight excluding hydrogens is 207 g/mol. The highest BCUT2D eigenvalue weighted by Gasteiger charge is 2.29. The molecule has 0 saturated carbocycles. The van der Waals surface area contributed by atoms with E-state index in [0.29, 0.717) is 12.6 Å². The Morgan fingerprint density at radius 2 is 2.50 bits per heavy atom. The summed E-state index contributed by atoms with van der Waals surface area (Å²) in [5.74, 6) is 0.951. The summed E-state index contributed by atoms with van der Waals surface area (Å²) < 4.78 is 18.2. The number of nitrogens with zero attached hydrogens (tertiary/aromatic N) is 2. The summed E-state index contributed by atoms with van der Waals surface area (Å²) in [6.45, 7) is 1.21. The standard InChI is InChI=1S/C12H17FN2O/c1-15-8-10(6-13)5-11(15)9-16-12-3-2-4-14-7-12/h2-4,7,10-11H,5-6,8-9H2,1H3/t10-,11+/m1/s1. The van der Waals surface area contributed by atoms with Gasteiger partial charge in [0.05, 0.1) is 12.9 Å². The fraction of sp³-hybridized carbons (Fsp3) is 0.583. The van der Waals surface area contributed by atoms with Crippen LogP contribution in [0.5, 0.6) is 5.75 Å². The number of alkyl halides is 1. The number of aromatic nitrogens is 1. The molecule has 2 heterocycles. The zero-order chi connectivity index (χ0) is 11.4. The number of halogens is 1. The molecule has 0 N–H and O–H groups in total. The number of hydrogen-bond donors (Lipinski definition) is 0. The third-order valence-electron chi connectivity index (χ3n) is 3.07. The molecule has 0 bridgehead atoms. The van der Waals surface area contributed by atoms with Gasteiger partial charge in [-0.15, -0.1) is 0 Å². The lowest BCUT2D eigenvalue weighted by atomic mass is 10.1. The Balaban J connectivity index is 1.82. The van der Waals surface area contributed by atoms with Gasteiger partial charge < -0.3 is 4.74 Å². The number of ether oxygens (including phenoxy) is 1. The van der Waals surface area contributed by atoms with Crippen LogP contribution in [-0.4, -0.2) is 42.8 Å². The molecule has 0 unspecified atom stereocenters. The quantitative estimate of drug-likeness (QED) is 0.779. The van der Waals surface area contributed by atoms with Gasteiger partial charge in [0.1, 0.15) is 12.4 Å². The number of likely N-dealkylation sites (N-methyl/N-ethyl adjacent to an activating group) is 1. The molecule has 1 aliphatic rings. The summed E-state index contributed by atoms with van der Waals surface area (Å²) in [5.41, 5.74) is 0. The van der Waals surface area contributed by atoms with Crippen molar-refractivity contribution in [2.45, 2.75) is 12.5 Å². The zero-order valence-corrected chi connectivity index (χ0v) is 9.47. The first-order chi connectivity index (χ1) is 7.79. The third kappa shape index (κ3) is 2.70. The summed E-state index contributed by atoms with van der Waals surface area (Å²) in [5, 5.41) is 0. The van der Waals surface area contributed by atoms with Crippen LogP contribution >= 0.6 is 0 Å². The summed E-state index contributed by atoms with van der Waals surface area (Å²) in [4.78, 5) is 6.15. The predicted molar refractivity (Wildman–Crippen MR) is 60.2 cm³/mol. The van der Waals surface area contributed by atoms with E-state index in [0.717, 1.165) is 18.7 Å². The first-order valence-corrected chi connectivity index (χ1v) is 5.58. The fourth-order valence-electron chi connectivity index (χ4n) is 2.13. The van der Waals surface area contributed by atoms with Crippen LogP contribution in [0, 0.1) is 5.92 Å². The van der Waals surface area contributed by atoms with Crippen molar-refractivity contribution >= 4 is 0 Å². The minimum absolute atomic E-state index is 0.174. The average molecular weight is 224 g/mol. The molecule has 16 heavy (non-hydrogen) atoms. The van der Waals surface area contributed by atoms with Crippen molar-refractivity contribution in [3.63, 3.8) is 0 Å². The summed E-state index contributed by atoms with van der Waals surface area (Å²) in [6.07, 6.45) is 4.29. The third-order valence-corrected chi connectivity index (χ3v) is 3.07. The highest BCUT2D eigenvalue weighted by atomic mass is 19.1. The lowest BCUT2D eigenvalue weighted by Gasteiger charge is -2.19. The van der Waals surface area contributed by atoms with Crippen molar-refractivity contribution in [3.05, 3.63) is 24.5 Å². The van der Waals surface area contributed by atoms with Gasteiger partial charge >= 0.3 is 0 Å². The van der Waals surface area contributed by atoms with Crippen LogP contribution in [0.2, 0.25) is 0 Å². The minimum atomic E-state index is -0.228. The molecule has 88 valence electrons. The van der Waals surface area contributed by atoms with Gasteiger partial charge in [0.2, 0.25) is 0 Å². The molecule has 1 aliphatic heterocycles. The first kappa shape index (κ1) is 11.3. The first-order valence-electron chi connectivity index (χ1n) is 5.58. The van der Waals surface area contributed by atoms with Crippen LogP contribution < -0.4 is 4.74 Å². The largest absolute Gasteiger partial charge is 0.490 e. The van der Waals surface area contributed by atoms with Crippen molar-refractivity contribution in [2.24, 2.45) is 5.92 Å². The molecule has 0 aromatic carbocycles. The van der Waals surface area contributed by atoms with E-state index in [1.807, 2.05) is 19.2 Å².